The van der Waals surface area contributed by atoms with Crippen molar-refractivity contribution in [3.63, 3.8) is 0 Å². The van der Waals surface area contributed by atoms with E-state index in [2.05, 4.69) is 0 Å². The minimum atomic E-state index is -1.85. The lowest BCUT2D eigenvalue weighted by Crippen LogP contribution is -2.34. The van der Waals surface area contributed by atoms with Crippen LogP contribution in [0.2, 0.25) is 0 Å². The lowest BCUT2D eigenvalue weighted by molar-refractivity contribution is -0.148. The van der Waals surface area contributed by atoms with Gasteiger partial charge in [-0.1, -0.05) is 33.8 Å². The molecule has 0 radical (unpaired) electrons. The molecule has 0 saturated carbocycles. The molecule has 0 spiro atoms. The zero-order chi connectivity index (χ0) is 20.6. The Morgan fingerprint density at radius 2 is 1.52 bits per heavy atom. The summed E-state index contributed by atoms with van der Waals surface area (Å²) in [5.74, 6) is -3.18. The van der Waals surface area contributed by atoms with Crippen LogP contribution in [0.25, 0.3) is 0 Å². The van der Waals surface area contributed by atoms with Gasteiger partial charge in [0.05, 0.1) is 32.1 Å². The minimum Gasteiger partial charge on any atom is -0.465 e. The van der Waals surface area contributed by atoms with Gasteiger partial charge in [-0.05, 0) is 17.9 Å². The molecule has 0 bridgehead atoms. The largest absolute Gasteiger partial charge is 0.465 e. The van der Waals surface area contributed by atoms with Crippen LogP contribution < -0.4 is 0 Å². The number of halogens is 2. The highest BCUT2D eigenvalue weighted by molar-refractivity contribution is 5.77. The summed E-state index contributed by atoms with van der Waals surface area (Å²) in [6.45, 7) is 7.62. The fourth-order valence-electron chi connectivity index (χ4n) is 2.38. The molecular formula is C20H25F2NO4. The van der Waals surface area contributed by atoms with Crippen molar-refractivity contribution in [2.24, 2.45) is 11.8 Å². The van der Waals surface area contributed by atoms with Crippen molar-refractivity contribution in [2.45, 2.75) is 46.0 Å². The third-order valence-electron chi connectivity index (χ3n) is 3.71. The zero-order valence-corrected chi connectivity index (χ0v) is 16.1. The summed E-state index contributed by atoms with van der Waals surface area (Å²) in [4.78, 5) is 24.4. The molecule has 0 aliphatic rings. The molecule has 0 saturated heterocycles. The molecule has 0 aliphatic carbocycles. The zero-order valence-electron chi connectivity index (χ0n) is 16.1. The number of hydrogen-bond acceptors (Lipinski definition) is 5. The van der Waals surface area contributed by atoms with Gasteiger partial charge in [0.15, 0.2) is 0 Å². The molecule has 0 heterocycles. The van der Waals surface area contributed by atoms with E-state index in [0.29, 0.717) is 6.07 Å². The van der Waals surface area contributed by atoms with E-state index in [9.17, 15) is 23.6 Å². The first-order valence-corrected chi connectivity index (χ1v) is 8.77. The predicted octanol–water partition coefficient (Wildman–Crippen LogP) is 3.90. The van der Waals surface area contributed by atoms with Gasteiger partial charge in [-0.15, -0.1) is 0 Å². The van der Waals surface area contributed by atoms with Crippen molar-refractivity contribution in [1.29, 1.82) is 5.26 Å². The molecule has 5 nitrogen and oxygen atoms in total. The molecule has 1 aromatic carbocycles. The standard InChI is InChI=1S/C20H25F2NO4/c1-13(2)10-26-18(24)8-20(12-23,9-19(25)27-11-14(3)4)16-6-5-15(21)7-17(16)22/h5-7,13-14H,8-11H2,1-4H3. The number of nitrogens with zero attached hydrogens (tertiary/aromatic N) is 1. The van der Waals surface area contributed by atoms with Gasteiger partial charge in [0.2, 0.25) is 0 Å². The highest BCUT2D eigenvalue weighted by Gasteiger charge is 2.41. The summed E-state index contributed by atoms with van der Waals surface area (Å²) in [7, 11) is 0. The third kappa shape index (κ3) is 6.97. The molecule has 1 aromatic rings. The second-order valence-electron chi connectivity index (χ2n) is 7.33. The van der Waals surface area contributed by atoms with Gasteiger partial charge in [0.1, 0.15) is 17.0 Å². The maximum absolute atomic E-state index is 14.4. The first kappa shape index (κ1) is 22.6. The van der Waals surface area contributed by atoms with Crippen LogP contribution in [0, 0.1) is 34.8 Å². The van der Waals surface area contributed by atoms with Crippen molar-refractivity contribution in [2.75, 3.05) is 13.2 Å². The number of esters is 2. The molecular weight excluding hydrogens is 356 g/mol. The van der Waals surface area contributed by atoms with Gasteiger partial charge < -0.3 is 9.47 Å². The van der Waals surface area contributed by atoms with Gasteiger partial charge in [-0.2, -0.15) is 5.26 Å². The average molecular weight is 381 g/mol. The van der Waals surface area contributed by atoms with E-state index in [1.54, 1.807) is 0 Å². The molecule has 0 N–H and O–H groups in total. The van der Waals surface area contributed by atoms with Crippen molar-refractivity contribution < 1.29 is 27.8 Å². The Balaban J connectivity index is 3.18. The van der Waals surface area contributed by atoms with Gasteiger partial charge in [-0.25, -0.2) is 8.78 Å². The van der Waals surface area contributed by atoms with E-state index in [0.717, 1.165) is 12.1 Å². The van der Waals surface area contributed by atoms with Crippen LogP contribution in [0.4, 0.5) is 8.78 Å². The number of carbonyl (C=O) groups is 2. The number of ether oxygens (including phenoxy) is 2. The molecule has 0 fully saturated rings. The topological polar surface area (TPSA) is 76.4 Å². The molecule has 0 unspecified atom stereocenters. The summed E-state index contributed by atoms with van der Waals surface area (Å²) < 4.78 is 37.8. The highest BCUT2D eigenvalue weighted by Crippen LogP contribution is 2.34. The Hall–Kier alpha value is -2.49. The first-order valence-electron chi connectivity index (χ1n) is 8.77. The van der Waals surface area contributed by atoms with E-state index in [-0.39, 0.29) is 30.6 Å². The maximum Gasteiger partial charge on any atom is 0.307 e. The molecule has 148 valence electrons. The number of benzene rings is 1. The molecule has 0 aromatic heterocycles. The van der Waals surface area contributed by atoms with Gasteiger partial charge >= 0.3 is 11.9 Å². The first-order chi connectivity index (χ1) is 12.6. The average Bonchev–Trinajstić information content (AvgIpc) is 2.57. The van der Waals surface area contributed by atoms with Crippen LogP contribution in [0.1, 0.15) is 46.1 Å². The van der Waals surface area contributed by atoms with Crippen LogP contribution in [0.15, 0.2) is 18.2 Å². The summed E-state index contributed by atoms with van der Waals surface area (Å²) in [5.41, 5.74) is -2.09. The molecule has 0 aliphatic heterocycles. The van der Waals surface area contributed by atoms with Crippen molar-refractivity contribution in [3.05, 3.63) is 35.4 Å². The second kappa shape index (κ2) is 10.0. The van der Waals surface area contributed by atoms with Crippen LogP contribution in [0.3, 0.4) is 0 Å². The van der Waals surface area contributed by atoms with Crippen molar-refractivity contribution >= 4 is 11.9 Å². The van der Waals surface area contributed by atoms with E-state index in [1.165, 1.54) is 0 Å². The summed E-state index contributed by atoms with van der Waals surface area (Å²) in [5, 5.41) is 9.75. The van der Waals surface area contributed by atoms with E-state index in [1.807, 2.05) is 33.8 Å². The van der Waals surface area contributed by atoms with E-state index in [4.69, 9.17) is 9.47 Å². The normalized spacial score (nSPS) is 11.4. The highest BCUT2D eigenvalue weighted by atomic mass is 19.1. The minimum absolute atomic E-state index is 0.0731. The predicted molar refractivity (Wildman–Crippen MR) is 94.5 cm³/mol. The summed E-state index contributed by atoms with van der Waals surface area (Å²) in [6.07, 6.45) is -1.09. The van der Waals surface area contributed by atoms with Gasteiger partial charge in [0.25, 0.3) is 0 Å². The number of nitriles is 1. The number of rotatable bonds is 9. The third-order valence-corrected chi connectivity index (χ3v) is 3.71. The molecule has 0 atom stereocenters. The summed E-state index contributed by atoms with van der Waals surface area (Å²) in [6, 6.07) is 4.52. The quantitative estimate of drug-likeness (QED) is 0.606. The lowest BCUT2D eigenvalue weighted by atomic mass is 9.75. The smallest absolute Gasteiger partial charge is 0.307 e. The Bertz CT molecular complexity index is 684. The number of carbonyl (C=O) groups excluding carboxylic acids is 2. The van der Waals surface area contributed by atoms with Crippen LogP contribution in [-0.4, -0.2) is 25.2 Å². The van der Waals surface area contributed by atoms with E-state index < -0.39 is 41.8 Å². The fraction of sp³-hybridized carbons (Fsp3) is 0.550. The van der Waals surface area contributed by atoms with Gasteiger partial charge in [-0.3, -0.25) is 9.59 Å². The second-order valence-corrected chi connectivity index (χ2v) is 7.33. The fourth-order valence-corrected chi connectivity index (χ4v) is 2.38. The van der Waals surface area contributed by atoms with E-state index >= 15 is 0 Å². The molecule has 0 amide bonds. The Morgan fingerprint density at radius 1 is 1.04 bits per heavy atom. The van der Waals surface area contributed by atoms with Crippen LogP contribution >= 0.6 is 0 Å². The SMILES string of the molecule is CC(C)COC(=O)CC(C#N)(CC(=O)OCC(C)C)c1ccc(F)cc1F. The van der Waals surface area contributed by atoms with Crippen molar-refractivity contribution in [1.82, 2.24) is 0 Å². The number of hydrogen-bond donors (Lipinski definition) is 0. The monoisotopic (exact) mass is 381 g/mol. The maximum atomic E-state index is 14.4. The summed E-state index contributed by atoms with van der Waals surface area (Å²) >= 11 is 0. The molecule has 27 heavy (non-hydrogen) atoms. The Morgan fingerprint density at radius 3 is 1.89 bits per heavy atom. The Kier molecular flexibility index (Phi) is 8.35. The molecule has 7 heteroatoms. The Labute approximate surface area is 158 Å². The van der Waals surface area contributed by atoms with Crippen molar-refractivity contribution in [3.8, 4) is 6.07 Å². The van der Waals surface area contributed by atoms with Crippen LogP contribution in [0.5, 0.6) is 0 Å². The van der Waals surface area contributed by atoms with Gasteiger partial charge in [0, 0.05) is 11.6 Å². The van der Waals surface area contributed by atoms with Crippen LogP contribution in [-0.2, 0) is 24.5 Å². The lowest BCUT2D eigenvalue weighted by Gasteiger charge is -2.26. The molecule has 1 rings (SSSR count).